The summed E-state index contributed by atoms with van der Waals surface area (Å²) in [4.78, 5) is 10.6. The Labute approximate surface area is 67.6 Å². The monoisotopic (exact) mass is 156 g/mol. The quantitative estimate of drug-likeness (QED) is 0.632. The van der Waals surface area contributed by atoms with Gasteiger partial charge in [0.15, 0.2) is 0 Å². The number of hydrogen-bond acceptors (Lipinski definition) is 1. The zero-order valence-electron chi connectivity index (χ0n) is 7.26. The van der Waals surface area contributed by atoms with Crippen LogP contribution in [0.3, 0.4) is 0 Å². The van der Waals surface area contributed by atoms with Crippen molar-refractivity contribution in [1.29, 1.82) is 0 Å². The average Bonchev–Trinajstić information content (AvgIpc) is 1.86. The summed E-state index contributed by atoms with van der Waals surface area (Å²) in [5.74, 6) is -0.677. The van der Waals surface area contributed by atoms with Crippen LogP contribution in [0.15, 0.2) is 0 Å². The summed E-state index contributed by atoms with van der Waals surface area (Å²) in [6.07, 6.45) is 3.85. The number of aliphatic carboxylic acids is 1. The van der Waals surface area contributed by atoms with Crippen LogP contribution in [-0.4, -0.2) is 11.1 Å². The van der Waals surface area contributed by atoms with E-state index in [1.807, 2.05) is 0 Å². The molecule has 0 amide bonds. The molecule has 1 saturated carbocycles. The Morgan fingerprint density at radius 2 is 1.82 bits per heavy atom. The smallest absolute Gasteiger partial charge is 0.306 e. The predicted molar refractivity (Wildman–Crippen MR) is 43.4 cm³/mol. The van der Waals surface area contributed by atoms with E-state index in [4.69, 9.17) is 5.11 Å². The highest BCUT2D eigenvalue weighted by atomic mass is 16.4. The third kappa shape index (κ3) is 2.21. The molecule has 2 nitrogen and oxygen atoms in total. The van der Waals surface area contributed by atoms with Crippen LogP contribution in [0.25, 0.3) is 0 Å². The minimum Gasteiger partial charge on any atom is -0.481 e. The molecule has 1 aliphatic rings. The maximum atomic E-state index is 10.6. The second-order valence-electron chi connectivity index (χ2n) is 4.28. The summed E-state index contributed by atoms with van der Waals surface area (Å²) in [5.41, 5.74) is 0.381. The van der Waals surface area contributed by atoms with E-state index in [0.717, 1.165) is 25.7 Å². The molecule has 0 saturated heterocycles. The van der Waals surface area contributed by atoms with E-state index < -0.39 is 5.97 Å². The van der Waals surface area contributed by atoms with Crippen molar-refractivity contribution < 1.29 is 9.90 Å². The minimum absolute atomic E-state index is 0.0666. The van der Waals surface area contributed by atoms with E-state index in [-0.39, 0.29) is 5.92 Å². The predicted octanol–water partition coefficient (Wildman–Crippen LogP) is 2.29. The van der Waals surface area contributed by atoms with Gasteiger partial charge < -0.3 is 5.11 Å². The Bertz CT molecular complexity index is 151. The van der Waals surface area contributed by atoms with Crippen molar-refractivity contribution in [1.82, 2.24) is 0 Å². The van der Waals surface area contributed by atoms with E-state index in [9.17, 15) is 4.79 Å². The fourth-order valence-electron chi connectivity index (χ4n) is 1.65. The van der Waals surface area contributed by atoms with Gasteiger partial charge in [-0.2, -0.15) is 0 Å². The maximum absolute atomic E-state index is 10.6. The topological polar surface area (TPSA) is 37.3 Å². The molecular formula is C9H16O2. The largest absolute Gasteiger partial charge is 0.481 e. The van der Waals surface area contributed by atoms with Crippen molar-refractivity contribution in [3.05, 3.63) is 0 Å². The Balaban J connectivity index is 2.42. The summed E-state index contributed by atoms with van der Waals surface area (Å²) in [6.45, 7) is 4.43. The first-order valence-electron chi connectivity index (χ1n) is 4.24. The van der Waals surface area contributed by atoms with Crippen molar-refractivity contribution in [2.75, 3.05) is 0 Å². The summed E-state index contributed by atoms with van der Waals surface area (Å²) in [5, 5.41) is 8.71. The molecule has 0 aromatic heterocycles. The van der Waals surface area contributed by atoms with Gasteiger partial charge in [-0.15, -0.1) is 0 Å². The van der Waals surface area contributed by atoms with E-state index in [2.05, 4.69) is 13.8 Å². The number of carboxylic acids is 1. The van der Waals surface area contributed by atoms with Gasteiger partial charge in [0, 0.05) is 0 Å². The standard InChI is InChI=1S/C9H16O2/c1-9(2)5-3-7(4-6-9)8(10)11/h7H,3-6H2,1-2H3,(H,10,11). The Morgan fingerprint density at radius 1 is 1.36 bits per heavy atom. The molecule has 0 atom stereocenters. The zero-order valence-corrected chi connectivity index (χ0v) is 7.26. The van der Waals surface area contributed by atoms with Crippen molar-refractivity contribution in [3.63, 3.8) is 0 Å². The third-order valence-corrected chi connectivity index (χ3v) is 2.69. The first-order chi connectivity index (χ1) is 5.01. The van der Waals surface area contributed by atoms with Crippen LogP contribution in [0.4, 0.5) is 0 Å². The van der Waals surface area contributed by atoms with Gasteiger partial charge in [0.25, 0.3) is 0 Å². The van der Waals surface area contributed by atoms with Crippen molar-refractivity contribution in [3.8, 4) is 0 Å². The first kappa shape index (κ1) is 8.57. The van der Waals surface area contributed by atoms with E-state index >= 15 is 0 Å². The van der Waals surface area contributed by atoms with E-state index in [1.165, 1.54) is 0 Å². The van der Waals surface area contributed by atoms with Gasteiger partial charge in [0.05, 0.1) is 5.92 Å². The highest BCUT2D eigenvalue weighted by Gasteiger charge is 2.30. The van der Waals surface area contributed by atoms with E-state index in [1.54, 1.807) is 0 Å². The number of rotatable bonds is 1. The summed E-state index contributed by atoms with van der Waals surface area (Å²) in [7, 11) is 0. The lowest BCUT2D eigenvalue weighted by Gasteiger charge is -2.32. The molecule has 1 rings (SSSR count). The molecule has 2 heteroatoms. The first-order valence-corrected chi connectivity index (χ1v) is 4.24. The Morgan fingerprint density at radius 3 is 2.18 bits per heavy atom. The molecule has 11 heavy (non-hydrogen) atoms. The Hall–Kier alpha value is -0.530. The number of carbonyl (C=O) groups is 1. The molecule has 0 unspecified atom stereocenters. The maximum Gasteiger partial charge on any atom is 0.306 e. The van der Waals surface area contributed by atoms with Gasteiger partial charge in [-0.3, -0.25) is 4.79 Å². The van der Waals surface area contributed by atoms with Crippen molar-refractivity contribution >= 4 is 5.97 Å². The van der Waals surface area contributed by atoms with Gasteiger partial charge in [0.1, 0.15) is 0 Å². The fraction of sp³-hybridized carbons (Fsp3) is 0.889. The van der Waals surface area contributed by atoms with Gasteiger partial charge in [-0.25, -0.2) is 0 Å². The van der Waals surface area contributed by atoms with Crippen molar-refractivity contribution in [2.45, 2.75) is 39.5 Å². The lowest BCUT2D eigenvalue weighted by atomic mass is 9.73. The highest BCUT2D eigenvalue weighted by Crippen LogP contribution is 2.37. The van der Waals surface area contributed by atoms with Crippen LogP contribution in [0.1, 0.15) is 39.5 Å². The second kappa shape index (κ2) is 2.84. The summed E-state index contributed by atoms with van der Waals surface area (Å²) in [6, 6.07) is 0. The van der Waals surface area contributed by atoms with Gasteiger partial charge >= 0.3 is 5.97 Å². The Kier molecular flexibility index (Phi) is 2.21. The van der Waals surface area contributed by atoms with Crippen LogP contribution >= 0.6 is 0 Å². The second-order valence-corrected chi connectivity index (χ2v) is 4.28. The fourth-order valence-corrected chi connectivity index (χ4v) is 1.65. The SMILES string of the molecule is CC1(C)CCC(C(=O)O)CC1. The molecule has 0 bridgehead atoms. The zero-order chi connectivity index (χ0) is 8.48. The molecule has 0 aromatic carbocycles. The highest BCUT2D eigenvalue weighted by molar-refractivity contribution is 5.70. The number of carboxylic acid groups (broad SMARTS) is 1. The molecule has 64 valence electrons. The summed E-state index contributed by atoms with van der Waals surface area (Å²) >= 11 is 0. The molecule has 1 N–H and O–H groups in total. The summed E-state index contributed by atoms with van der Waals surface area (Å²) < 4.78 is 0. The molecule has 0 heterocycles. The van der Waals surface area contributed by atoms with E-state index in [0.29, 0.717) is 5.41 Å². The molecule has 0 aliphatic heterocycles. The molecule has 0 aromatic rings. The molecule has 0 spiro atoms. The molecule has 1 fully saturated rings. The molecule has 0 radical (unpaired) electrons. The van der Waals surface area contributed by atoms with Crippen LogP contribution in [-0.2, 0) is 4.79 Å². The average molecular weight is 156 g/mol. The lowest BCUT2D eigenvalue weighted by Crippen LogP contribution is -2.25. The minimum atomic E-state index is -0.611. The molecular weight excluding hydrogens is 140 g/mol. The third-order valence-electron chi connectivity index (χ3n) is 2.69. The van der Waals surface area contributed by atoms with Gasteiger partial charge in [0.2, 0.25) is 0 Å². The van der Waals surface area contributed by atoms with Gasteiger partial charge in [-0.1, -0.05) is 13.8 Å². The van der Waals surface area contributed by atoms with Crippen LogP contribution < -0.4 is 0 Å². The van der Waals surface area contributed by atoms with Crippen LogP contribution in [0.2, 0.25) is 0 Å². The van der Waals surface area contributed by atoms with Crippen molar-refractivity contribution in [2.24, 2.45) is 11.3 Å². The van der Waals surface area contributed by atoms with Crippen LogP contribution in [0, 0.1) is 11.3 Å². The lowest BCUT2D eigenvalue weighted by molar-refractivity contribution is -0.143. The number of hydrogen-bond donors (Lipinski definition) is 1. The molecule has 1 aliphatic carbocycles. The normalized spacial score (nSPS) is 24.9. The van der Waals surface area contributed by atoms with Crippen LogP contribution in [0.5, 0.6) is 0 Å². The van der Waals surface area contributed by atoms with Gasteiger partial charge in [-0.05, 0) is 31.1 Å².